The molecule has 3 N–H and O–H groups in total. The van der Waals surface area contributed by atoms with Crippen LogP contribution in [-0.4, -0.2) is 31.6 Å². The van der Waals surface area contributed by atoms with Crippen molar-refractivity contribution in [2.45, 2.75) is 25.8 Å². The third kappa shape index (κ3) is 2.82. The number of nitrogens with two attached hydrogens (primary N) is 1. The summed E-state index contributed by atoms with van der Waals surface area (Å²) in [5, 5.41) is 2.99. The summed E-state index contributed by atoms with van der Waals surface area (Å²) in [6, 6.07) is 8.46. The number of piperazine rings is 1. The van der Waals surface area contributed by atoms with Crippen molar-refractivity contribution in [2.75, 3.05) is 24.5 Å². The lowest BCUT2D eigenvalue weighted by Gasteiger charge is -2.35. The summed E-state index contributed by atoms with van der Waals surface area (Å²) in [6.45, 7) is 4.03. The Labute approximate surface area is 108 Å². The molecular weight excluding hydrogens is 226 g/mol. The Balaban J connectivity index is 2.18. The van der Waals surface area contributed by atoms with E-state index in [1.54, 1.807) is 0 Å². The highest BCUT2D eigenvalue weighted by Gasteiger charge is 2.24. The van der Waals surface area contributed by atoms with Crippen molar-refractivity contribution in [3.05, 3.63) is 29.8 Å². The third-order valence-corrected chi connectivity index (χ3v) is 3.37. The number of rotatable bonds is 4. The van der Waals surface area contributed by atoms with Crippen LogP contribution in [0, 0.1) is 0 Å². The van der Waals surface area contributed by atoms with Gasteiger partial charge in [0.05, 0.1) is 6.54 Å². The van der Waals surface area contributed by atoms with Crippen LogP contribution in [0.2, 0.25) is 0 Å². The van der Waals surface area contributed by atoms with E-state index < -0.39 is 0 Å². The number of hydrogen-bond acceptors (Lipinski definition) is 3. The third-order valence-electron chi connectivity index (χ3n) is 3.37. The highest BCUT2D eigenvalue weighted by atomic mass is 16.2. The van der Waals surface area contributed by atoms with Crippen LogP contribution < -0.4 is 16.0 Å². The fourth-order valence-corrected chi connectivity index (χ4v) is 2.49. The van der Waals surface area contributed by atoms with E-state index in [2.05, 4.69) is 29.3 Å². The first-order valence-corrected chi connectivity index (χ1v) is 6.57. The molecule has 0 aromatic heterocycles. The van der Waals surface area contributed by atoms with Crippen LogP contribution in [-0.2, 0) is 11.2 Å². The van der Waals surface area contributed by atoms with Crippen LogP contribution in [0.25, 0.3) is 0 Å². The minimum atomic E-state index is 0.0885. The van der Waals surface area contributed by atoms with Crippen LogP contribution in [0.5, 0.6) is 0 Å². The van der Waals surface area contributed by atoms with Crippen LogP contribution in [0.4, 0.5) is 5.69 Å². The zero-order valence-electron chi connectivity index (χ0n) is 10.9. The average molecular weight is 247 g/mol. The van der Waals surface area contributed by atoms with Crippen LogP contribution in [0.1, 0.15) is 18.9 Å². The van der Waals surface area contributed by atoms with Gasteiger partial charge in [0.2, 0.25) is 5.91 Å². The van der Waals surface area contributed by atoms with E-state index in [4.69, 9.17) is 5.73 Å². The van der Waals surface area contributed by atoms with Gasteiger partial charge in [-0.05, 0) is 31.0 Å². The van der Waals surface area contributed by atoms with Crippen LogP contribution in [0.15, 0.2) is 24.3 Å². The van der Waals surface area contributed by atoms with E-state index in [9.17, 15) is 4.79 Å². The molecule has 1 aromatic carbocycles. The number of nitrogens with one attached hydrogen (secondary N) is 1. The number of amides is 1. The molecule has 0 saturated carbocycles. The molecule has 1 atom stereocenters. The summed E-state index contributed by atoms with van der Waals surface area (Å²) >= 11 is 0. The zero-order chi connectivity index (χ0) is 13.0. The van der Waals surface area contributed by atoms with Crippen molar-refractivity contribution in [2.24, 2.45) is 5.73 Å². The SMILES string of the molecule is CCc1ccccc1N1CC(=O)NC(CCN)C1. The first-order chi connectivity index (χ1) is 8.74. The molecule has 18 heavy (non-hydrogen) atoms. The fraction of sp³-hybridized carbons (Fsp3) is 0.500. The molecule has 1 unspecified atom stereocenters. The van der Waals surface area contributed by atoms with Gasteiger partial charge >= 0.3 is 0 Å². The molecule has 1 amide bonds. The van der Waals surface area contributed by atoms with Crippen molar-refractivity contribution in [3.63, 3.8) is 0 Å². The Morgan fingerprint density at radius 2 is 2.22 bits per heavy atom. The number of carbonyl (C=O) groups is 1. The number of nitrogens with zero attached hydrogens (tertiary/aromatic N) is 1. The van der Waals surface area contributed by atoms with Gasteiger partial charge in [-0.25, -0.2) is 0 Å². The number of carbonyl (C=O) groups excluding carboxylic acids is 1. The number of aryl methyl sites for hydroxylation is 1. The summed E-state index contributed by atoms with van der Waals surface area (Å²) in [4.78, 5) is 13.9. The van der Waals surface area contributed by atoms with Crippen molar-refractivity contribution < 1.29 is 4.79 Å². The molecule has 1 aliphatic rings. The second-order valence-corrected chi connectivity index (χ2v) is 4.70. The van der Waals surface area contributed by atoms with E-state index in [0.29, 0.717) is 13.1 Å². The summed E-state index contributed by atoms with van der Waals surface area (Å²) in [5.41, 5.74) is 8.04. The molecule has 1 fully saturated rings. The molecule has 1 aliphatic heterocycles. The topological polar surface area (TPSA) is 58.4 Å². The number of anilines is 1. The maximum absolute atomic E-state index is 11.7. The van der Waals surface area contributed by atoms with E-state index in [-0.39, 0.29) is 11.9 Å². The predicted octanol–water partition coefficient (Wildman–Crippen LogP) is 0.903. The van der Waals surface area contributed by atoms with E-state index >= 15 is 0 Å². The molecule has 0 radical (unpaired) electrons. The Morgan fingerprint density at radius 1 is 1.44 bits per heavy atom. The molecular formula is C14H21N3O. The van der Waals surface area contributed by atoms with Gasteiger partial charge in [0.25, 0.3) is 0 Å². The van der Waals surface area contributed by atoms with E-state index in [1.165, 1.54) is 11.3 Å². The summed E-state index contributed by atoms with van der Waals surface area (Å²) < 4.78 is 0. The lowest BCUT2D eigenvalue weighted by molar-refractivity contribution is -0.121. The van der Waals surface area contributed by atoms with Crippen LogP contribution >= 0.6 is 0 Å². The van der Waals surface area contributed by atoms with Gasteiger partial charge in [-0.1, -0.05) is 25.1 Å². The molecule has 4 heteroatoms. The molecule has 0 spiro atoms. The summed E-state index contributed by atoms with van der Waals surface area (Å²) in [6.07, 6.45) is 1.81. The number of hydrogen-bond donors (Lipinski definition) is 2. The van der Waals surface area contributed by atoms with E-state index in [0.717, 1.165) is 19.4 Å². The van der Waals surface area contributed by atoms with Gasteiger partial charge in [-0.3, -0.25) is 4.79 Å². The van der Waals surface area contributed by atoms with Crippen molar-refractivity contribution >= 4 is 11.6 Å². The van der Waals surface area contributed by atoms with Gasteiger partial charge in [0.1, 0.15) is 0 Å². The highest BCUT2D eigenvalue weighted by molar-refractivity contribution is 5.83. The van der Waals surface area contributed by atoms with Gasteiger partial charge < -0.3 is 16.0 Å². The number of benzene rings is 1. The quantitative estimate of drug-likeness (QED) is 0.831. The lowest BCUT2D eigenvalue weighted by atomic mass is 10.1. The zero-order valence-corrected chi connectivity index (χ0v) is 10.9. The minimum absolute atomic E-state index is 0.0885. The molecule has 1 saturated heterocycles. The van der Waals surface area contributed by atoms with Gasteiger partial charge in [-0.2, -0.15) is 0 Å². The Bertz CT molecular complexity index is 419. The second-order valence-electron chi connectivity index (χ2n) is 4.70. The standard InChI is InChI=1S/C14H21N3O/c1-2-11-5-3-4-6-13(11)17-9-12(7-8-15)16-14(18)10-17/h3-6,12H,2,7-10,15H2,1H3,(H,16,18). The van der Waals surface area contributed by atoms with Crippen molar-refractivity contribution in [1.82, 2.24) is 5.32 Å². The van der Waals surface area contributed by atoms with Crippen molar-refractivity contribution in [1.29, 1.82) is 0 Å². The van der Waals surface area contributed by atoms with Gasteiger partial charge in [0.15, 0.2) is 0 Å². The molecule has 0 bridgehead atoms. The summed E-state index contributed by atoms with van der Waals surface area (Å²) in [7, 11) is 0. The number of para-hydroxylation sites is 1. The smallest absolute Gasteiger partial charge is 0.239 e. The first kappa shape index (κ1) is 12.9. The molecule has 98 valence electrons. The Morgan fingerprint density at radius 3 is 2.94 bits per heavy atom. The molecule has 0 aliphatic carbocycles. The highest BCUT2D eigenvalue weighted by Crippen LogP contribution is 2.22. The lowest BCUT2D eigenvalue weighted by Crippen LogP contribution is -2.55. The second kappa shape index (κ2) is 5.87. The molecule has 2 rings (SSSR count). The van der Waals surface area contributed by atoms with Gasteiger partial charge in [0, 0.05) is 18.3 Å². The average Bonchev–Trinajstić information content (AvgIpc) is 2.38. The van der Waals surface area contributed by atoms with Crippen LogP contribution in [0.3, 0.4) is 0 Å². The molecule has 1 heterocycles. The largest absolute Gasteiger partial charge is 0.360 e. The Hall–Kier alpha value is -1.55. The molecule has 4 nitrogen and oxygen atoms in total. The maximum Gasteiger partial charge on any atom is 0.239 e. The van der Waals surface area contributed by atoms with Gasteiger partial charge in [-0.15, -0.1) is 0 Å². The maximum atomic E-state index is 11.7. The predicted molar refractivity (Wildman–Crippen MR) is 73.6 cm³/mol. The summed E-state index contributed by atoms with van der Waals surface area (Å²) in [5.74, 6) is 0.0885. The monoisotopic (exact) mass is 247 g/mol. The van der Waals surface area contributed by atoms with E-state index in [1.807, 2.05) is 12.1 Å². The Kier molecular flexibility index (Phi) is 4.20. The normalized spacial score (nSPS) is 19.8. The van der Waals surface area contributed by atoms with Crippen molar-refractivity contribution in [3.8, 4) is 0 Å². The minimum Gasteiger partial charge on any atom is -0.360 e. The fourth-order valence-electron chi connectivity index (χ4n) is 2.49. The molecule has 1 aromatic rings. The first-order valence-electron chi connectivity index (χ1n) is 6.57.